The third kappa shape index (κ3) is 79.5. The second-order valence-electron chi connectivity index (χ2n) is 26.1. The lowest BCUT2D eigenvalue weighted by Crippen LogP contribution is -2.30. The van der Waals surface area contributed by atoms with Crippen LogP contribution in [0.4, 0.5) is 0 Å². The van der Waals surface area contributed by atoms with Crippen molar-refractivity contribution >= 4 is 33.6 Å². The Labute approximate surface area is 636 Å². The van der Waals surface area contributed by atoms with Crippen molar-refractivity contribution < 1.29 is 75.8 Å². The summed E-state index contributed by atoms with van der Waals surface area (Å²) in [4.78, 5) is 58.7. The lowest BCUT2D eigenvalue weighted by Gasteiger charge is -2.21. The molecule has 105 heavy (non-hydrogen) atoms. The first-order chi connectivity index (χ1) is 51.2. The van der Waals surface area contributed by atoms with Crippen LogP contribution in [0.3, 0.4) is 0 Å². The van der Waals surface area contributed by atoms with Crippen molar-refractivity contribution in [2.75, 3.05) is 39.6 Å². The molecule has 0 aromatic heterocycles. The highest BCUT2D eigenvalue weighted by Crippen LogP contribution is 2.45. The number of aliphatic hydroxyl groups is 2. The van der Waals surface area contributed by atoms with Gasteiger partial charge in [0.2, 0.25) is 0 Å². The van der Waals surface area contributed by atoms with E-state index in [2.05, 4.69) is 203 Å². The number of phosphoric ester groups is 2. The van der Waals surface area contributed by atoms with Crippen LogP contribution in [0.1, 0.15) is 290 Å². The first-order valence-corrected chi connectivity index (χ1v) is 43.1. The van der Waals surface area contributed by atoms with Crippen LogP contribution in [0.5, 0.6) is 0 Å². The number of esters is 3. The van der Waals surface area contributed by atoms with E-state index in [0.717, 1.165) is 180 Å². The molecule has 0 amide bonds. The highest BCUT2D eigenvalue weighted by atomic mass is 31.2. The molecule has 0 aliphatic carbocycles. The quantitative estimate of drug-likeness (QED) is 0.0146. The van der Waals surface area contributed by atoms with Crippen molar-refractivity contribution in [1.29, 1.82) is 0 Å². The van der Waals surface area contributed by atoms with Gasteiger partial charge in [-0.25, -0.2) is 9.13 Å². The molecule has 5 atom stereocenters. The monoisotopic (exact) mass is 1500 g/mol. The predicted octanol–water partition coefficient (Wildman–Crippen LogP) is 23.8. The van der Waals surface area contributed by atoms with E-state index in [1.54, 1.807) is 0 Å². The summed E-state index contributed by atoms with van der Waals surface area (Å²) in [6.07, 6.45) is 101. The van der Waals surface area contributed by atoms with Crippen molar-refractivity contribution in [1.82, 2.24) is 0 Å². The van der Waals surface area contributed by atoms with Gasteiger partial charge in [0.1, 0.15) is 25.4 Å². The summed E-state index contributed by atoms with van der Waals surface area (Å²) in [5, 5.41) is 20.6. The molecule has 5 unspecified atom stereocenters. The van der Waals surface area contributed by atoms with Gasteiger partial charge in [-0.05, 0) is 154 Å². The predicted molar refractivity (Wildman–Crippen MR) is 435 cm³/mol. The average molecular weight is 1510 g/mol. The van der Waals surface area contributed by atoms with E-state index < -0.39 is 91.5 Å². The van der Waals surface area contributed by atoms with Crippen molar-refractivity contribution in [3.8, 4) is 0 Å². The number of carbonyl (C=O) groups is 3. The fourth-order valence-electron chi connectivity index (χ4n) is 10.1. The number of phosphoric acid groups is 2. The summed E-state index contributed by atoms with van der Waals surface area (Å²) in [7, 11) is -9.82. The van der Waals surface area contributed by atoms with E-state index in [1.807, 2.05) is 0 Å². The number of ether oxygens (including phenoxy) is 3. The molecule has 0 bridgehead atoms. The summed E-state index contributed by atoms with van der Waals surface area (Å²) in [6.45, 7) is 2.27. The third-order valence-corrected chi connectivity index (χ3v) is 18.0. The molecule has 0 rings (SSSR count). The molecule has 0 saturated heterocycles. The third-order valence-electron chi connectivity index (χ3n) is 16.1. The molecular weight excluding hydrogens is 1360 g/mol. The number of aliphatic hydroxyl groups excluding tert-OH is 2. The number of rotatable bonds is 74. The summed E-state index contributed by atoms with van der Waals surface area (Å²) in [5.74, 6) is -1.63. The Morgan fingerprint density at radius 3 is 0.752 bits per heavy atom. The van der Waals surface area contributed by atoms with Crippen LogP contribution < -0.4 is 0 Å². The maximum Gasteiger partial charge on any atom is 0.472 e. The molecule has 0 aromatic rings. The number of hydrogen-bond acceptors (Lipinski definition) is 14. The van der Waals surface area contributed by atoms with Crippen LogP contribution in [0.25, 0.3) is 0 Å². The average Bonchev–Trinajstić information content (AvgIpc) is 0.965. The number of unbranched alkanes of at least 4 members (excludes halogenated alkanes) is 21. The van der Waals surface area contributed by atoms with Gasteiger partial charge in [-0.15, -0.1) is 0 Å². The number of allylic oxidation sites excluding steroid dienone is 30. The standard InChI is InChI=1S/C87H142O16P2/c1-4-7-10-13-16-19-22-25-28-30-32-34-36-37-38-39-40-41-42-43-45-47-48-50-53-55-58-61-64-67-70-73-85(90)97-76-82(88)77-99-104(93,94)100-78-83(89)79-101-105(95,96)102-81-84(103-87(92)75-72-69-66-63-60-57-52-27-24-21-18-15-12-9-6-3)80-98-86(91)74-71-68-65-62-59-56-54-51-49-46-44-35-33-31-29-26-23-20-17-14-11-8-5-2/h7-12,16-21,25-29,32-35,37-38,40-41,46,49,52,54,56,82-84,88-89H,4-6,13-15,22-24,30-31,36,39,42-45,47-48,50-51,53,55,57-81H2,1-3H3,(H,93,94)(H,95,96)/b10-7-,11-8-,12-9-,19-16-,20-17-,21-18-,28-25-,29-26-,34-32-,35-33-,38-37-,41-40-,49-46-,52-27-,56-54-. The molecule has 0 radical (unpaired) electrons. The molecule has 18 heteroatoms. The van der Waals surface area contributed by atoms with Gasteiger partial charge in [-0.2, -0.15) is 0 Å². The van der Waals surface area contributed by atoms with E-state index in [4.69, 9.17) is 32.3 Å². The number of hydrogen-bond donors (Lipinski definition) is 4. The molecule has 0 fully saturated rings. The van der Waals surface area contributed by atoms with Crippen molar-refractivity contribution in [3.05, 3.63) is 182 Å². The molecule has 0 spiro atoms. The molecule has 0 aliphatic heterocycles. The Balaban J connectivity index is 4.56. The summed E-state index contributed by atoms with van der Waals surface area (Å²) < 4.78 is 61.1. The minimum atomic E-state index is -4.95. The van der Waals surface area contributed by atoms with Crippen molar-refractivity contribution in [2.45, 2.75) is 309 Å². The first kappa shape index (κ1) is 99.7. The Morgan fingerprint density at radius 1 is 0.267 bits per heavy atom. The fraction of sp³-hybridized carbons (Fsp3) is 0.621. The largest absolute Gasteiger partial charge is 0.472 e. The lowest BCUT2D eigenvalue weighted by atomic mass is 10.0. The van der Waals surface area contributed by atoms with Gasteiger partial charge in [0.05, 0.1) is 26.4 Å². The van der Waals surface area contributed by atoms with Crippen LogP contribution in [-0.4, -0.2) is 95.9 Å². The Hall–Kier alpha value is -5.35. The minimum Gasteiger partial charge on any atom is -0.463 e. The van der Waals surface area contributed by atoms with E-state index in [1.165, 1.54) is 51.4 Å². The molecule has 0 aromatic carbocycles. The second-order valence-corrected chi connectivity index (χ2v) is 29.0. The molecule has 4 N–H and O–H groups in total. The fourth-order valence-corrected chi connectivity index (χ4v) is 11.7. The molecule has 596 valence electrons. The summed E-state index contributed by atoms with van der Waals surface area (Å²) >= 11 is 0. The Kier molecular flexibility index (Phi) is 74.3. The van der Waals surface area contributed by atoms with Crippen LogP contribution in [0.2, 0.25) is 0 Å². The van der Waals surface area contributed by atoms with E-state index in [-0.39, 0.29) is 19.3 Å². The van der Waals surface area contributed by atoms with Crippen molar-refractivity contribution in [3.63, 3.8) is 0 Å². The highest BCUT2D eigenvalue weighted by Gasteiger charge is 2.29. The van der Waals surface area contributed by atoms with Gasteiger partial charge in [0, 0.05) is 19.3 Å². The van der Waals surface area contributed by atoms with Gasteiger partial charge >= 0.3 is 33.6 Å². The zero-order valence-corrected chi connectivity index (χ0v) is 66.9. The van der Waals surface area contributed by atoms with Gasteiger partial charge < -0.3 is 34.2 Å². The SMILES string of the molecule is CC/C=C\C/C=C\C/C=C\C/C=C\C/C=C\C/C=C\CCCCCCCCCCCCCCC(=O)OCC(O)COP(=O)(O)OCC(O)COP(=O)(O)OCC(COC(=O)CCCCCC/C=C\C/C=C\C/C=C\C/C=C\C/C=C\C/C=C\CC)OC(=O)CCCCCCC/C=C\C/C=C\C/C=C\CC. The highest BCUT2D eigenvalue weighted by molar-refractivity contribution is 7.47. The normalized spacial score (nSPS) is 14.9. The smallest absolute Gasteiger partial charge is 0.463 e. The van der Waals surface area contributed by atoms with Gasteiger partial charge in [0.15, 0.2) is 6.10 Å². The van der Waals surface area contributed by atoms with E-state index >= 15 is 0 Å². The van der Waals surface area contributed by atoms with Crippen LogP contribution in [0.15, 0.2) is 182 Å². The molecular formula is C87H142O16P2. The van der Waals surface area contributed by atoms with Gasteiger partial charge in [-0.3, -0.25) is 32.5 Å². The lowest BCUT2D eigenvalue weighted by molar-refractivity contribution is -0.161. The second kappa shape index (κ2) is 78.2. The zero-order chi connectivity index (χ0) is 76.6. The summed E-state index contributed by atoms with van der Waals surface area (Å²) in [6, 6.07) is 0. The van der Waals surface area contributed by atoms with E-state index in [0.29, 0.717) is 19.3 Å². The van der Waals surface area contributed by atoms with Crippen LogP contribution in [-0.2, 0) is 55.8 Å². The summed E-state index contributed by atoms with van der Waals surface area (Å²) in [5.41, 5.74) is 0. The number of carbonyl (C=O) groups excluding carboxylic acids is 3. The molecule has 0 heterocycles. The van der Waals surface area contributed by atoms with Crippen LogP contribution in [0, 0.1) is 0 Å². The maximum absolute atomic E-state index is 13.0. The van der Waals surface area contributed by atoms with E-state index in [9.17, 15) is 43.5 Å². The zero-order valence-electron chi connectivity index (χ0n) is 65.1. The van der Waals surface area contributed by atoms with Crippen molar-refractivity contribution in [2.24, 2.45) is 0 Å². The molecule has 0 saturated carbocycles. The minimum absolute atomic E-state index is 0.0727. The first-order valence-electron chi connectivity index (χ1n) is 40.1. The van der Waals surface area contributed by atoms with Gasteiger partial charge in [0.25, 0.3) is 0 Å². The Morgan fingerprint density at radius 2 is 0.476 bits per heavy atom. The maximum atomic E-state index is 13.0. The molecule has 0 aliphatic rings. The topological polar surface area (TPSA) is 231 Å². The van der Waals surface area contributed by atoms with Gasteiger partial charge in [-0.1, -0.05) is 299 Å². The Bertz CT molecular complexity index is 2640. The van der Waals surface area contributed by atoms with Crippen LogP contribution >= 0.6 is 15.6 Å². The molecule has 16 nitrogen and oxygen atoms in total.